The fraction of sp³-hybridized carbons (Fsp3) is 0.333. The van der Waals surface area contributed by atoms with E-state index in [9.17, 15) is 9.59 Å². The molecule has 1 amide bonds. The van der Waals surface area contributed by atoms with Crippen molar-refractivity contribution < 1.29 is 14.3 Å². The molecule has 2 rings (SSSR count). The SMILES string of the molecule is O=C(NCCSCCCO)c1cc2ccccc2oc1=O. The summed E-state index contributed by atoms with van der Waals surface area (Å²) in [7, 11) is 0. The molecule has 1 aromatic heterocycles. The van der Waals surface area contributed by atoms with Crippen molar-refractivity contribution in [3.63, 3.8) is 0 Å². The molecule has 0 aliphatic heterocycles. The molecule has 0 radical (unpaired) electrons. The van der Waals surface area contributed by atoms with Gasteiger partial charge in [0.2, 0.25) is 0 Å². The number of hydrogen-bond acceptors (Lipinski definition) is 5. The largest absolute Gasteiger partial charge is 0.422 e. The van der Waals surface area contributed by atoms with Crippen molar-refractivity contribution in [2.24, 2.45) is 0 Å². The van der Waals surface area contributed by atoms with E-state index >= 15 is 0 Å². The van der Waals surface area contributed by atoms with Crippen LogP contribution in [0.4, 0.5) is 0 Å². The van der Waals surface area contributed by atoms with E-state index in [-0.39, 0.29) is 12.2 Å². The third-order valence-electron chi connectivity index (χ3n) is 2.86. The zero-order valence-corrected chi connectivity index (χ0v) is 12.3. The van der Waals surface area contributed by atoms with Gasteiger partial charge in [-0.1, -0.05) is 18.2 Å². The number of carbonyl (C=O) groups excluding carboxylic acids is 1. The number of fused-ring (bicyclic) bond motifs is 1. The normalized spacial score (nSPS) is 10.7. The lowest BCUT2D eigenvalue weighted by Crippen LogP contribution is -2.30. The zero-order chi connectivity index (χ0) is 15.1. The van der Waals surface area contributed by atoms with E-state index < -0.39 is 11.5 Å². The molecule has 0 saturated heterocycles. The molecule has 6 heteroatoms. The summed E-state index contributed by atoms with van der Waals surface area (Å²) in [5.74, 6) is 1.17. The molecule has 0 aliphatic rings. The maximum Gasteiger partial charge on any atom is 0.349 e. The molecule has 1 heterocycles. The van der Waals surface area contributed by atoms with E-state index in [4.69, 9.17) is 9.52 Å². The number of aliphatic hydroxyl groups is 1. The third-order valence-corrected chi connectivity index (χ3v) is 3.93. The average Bonchev–Trinajstić information content (AvgIpc) is 2.49. The van der Waals surface area contributed by atoms with Crippen LogP contribution >= 0.6 is 11.8 Å². The van der Waals surface area contributed by atoms with Crippen molar-refractivity contribution in [1.29, 1.82) is 0 Å². The lowest BCUT2D eigenvalue weighted by Gasteiger charge is -2.05. The molecule has 0 fully saturated rings. The summed E-state index contributed by atoms with van der Waals surface area (Å²) in [6.45, 7) is 0.651. The molecule has 0 atom stereocenters. The first-order chi connectivity index (χ1) is 10.2. The Bertz CT molecular complexity index is 668. The number of hydrogen-bond donors (Lipinski definition) is 2. The highest BCUT2D eigenvalue weighted by atomic mass is 32.2. The lowest BCUT2D eigenvalue weighted by molar-refractivity contribution is 0.0952. The van der Waals surface area contributed by atoms with Crippen LogP contribution in [0.5, 0.6) is 0 Å². The van der Waals surface area contributed by atoms with Gasteiger partial charge >= 0.3 is 5.63 Å². The smallest absolute Gasteiger partial charge is 0.349 e. The quantitative estimate of drug-likeness (QED) is 0.600. The number of para-hydroxylation sites is 1. The second kappa shape index (κ2) is 7.85. The number of benzene rings is 1. The Morgan fingerprint density at radius 3 is 2.90 bits per heavy atom. The summed E-state index contributed by atoms with van der Waals surface area (Å²) < 4.78 is 5.12. The topological polar surface area (TPSA) is 79.5 Å². The standard InChI is InChI=1S/C15H17NO4S/c17-7-3-8-21-9-6-16-14(18)12-10-11-4-1-2-5-13(11)20-15(12)19/h1-2,4-5,10,17H,3,6-9H2,(H,16,18). The van der Waals surface area contributed by atoms with Crippen molar-refractivity contribution in [2.45, 2.75) is 6.42 Å². The van der Waals surface area contributed by atoms with Crippen LogP contribution < -0.4 is 10.9 Å². The second-order valence-corrected chi connectivity index (χ2v) is 5.66. The highest BCUT2D eigenvalue weighted by Gasteiger charge is 2.12. The van der Waals surface area contributed by atoms with Gasteiger partial charge in [0.15, 0.2) is 0 Å². The summed E-state index contributed by atoms with van der Waals surface area (Å²) in [6, 6.07) is 8.63. The van der Waals surface area contributed by atoms with Gasteiger partial charge in [-0.15, -0.1) is 0 Å². The summed E-state index contributed by atoms with van der Waals surface area (Å²) >= 11 is 1.65. The monoisotopic (exact) mass is 307 g/mol. The summed E-state index contributed by atoms with van der Waals surface area (Å²) in [4.78, 5) is 23.8. The first-order valence-electron chi connectivity index (χ1n) is 6.72. The highest BCUT2D eigenvalue weighted by molar-refractivity contribution is 7.99. The predicted octanol–water partition coefficient (Wildman–Crippen LogP) is 1.64. The Kier molecular flexibility index (Phi) is 5.83. The Labute approximate surface area is 126 Å². The van der Waals surface area contributed by atoms with Gasteiger partial charge in [0.1, 0.15) is 11.1 Å². The van der Waals surface area contributed by atoms with Crippen LogP contribution in [0.3, 0.4) is 0 Å². The van der Waals surface area contributed by atoms with E-state index in [1.807, 2.05) is 6.07 Å². The molecule has 2 aromatic rings. The van der Waals surface area contributed by atoms with E-state index in [2.05, 4.69) is 5.32 Å². The molecular weight excluding hydrogens is 290 g/mol. The van der Waals surface area contributed by atoms with Crippen LogP contribution in [-0.4, -0.2) is 35.7 Å². The van der Waals surface area contributed by atoms with Crippen molar-refractivity contribution in [3.8, 4) is 0 Å². The predicted molar refractivity (Wildman–Crippen MR) is 83.8 cm³/mol. The first-order valence-corrected chi connectivity index (χ1v) is 7.87. The van der Waals surface area contributed by atoms with Crippen molar-refractivity contribution in [2.75, 3.05) is 24.7 Å². The van der Waals surface area contributed by atoms with Crippen molar-refractivity contribution in [1.82, 2.24) is 5.32 Å². The Morgan fingerprint density at radius 2 is 2.10 bits per heavy atom. The molecule has 112 valence electrons. The number of nitrogens with one attached hydrogen (secondary N) is 1. The minimum absolute atomic E-state index is 0.0223. The lowest BCUT2D eigenvalue weighted by atomic mass is 10.2. The molecule has 1 aromatic carbocycles. The van der Waals surface area contributed by atoms with Gasteiger partial charge < -0.3 is 14.8 Å². The molecule has 0 bridgehead atoms. The van der Waals surface area contributed by atoms with Crippen LogP contribution in [-0.2, 0) is 0 Å². The summed E-state index contributed by atoms with van der Waals surface area (Å²) in [5, 5.41) is 12.1. The first kappa shape index (κ1) is 15.6. The van der Waals surface area contributed by atoms with E-state index in [0.717, 1.165) is 23.3 Å². The van der Waals surface area contributed by atoms with Crippen LogP contribution in [0.25, 0.3) is 11.0 Å². The highest BCUT2D eigenvalue weighted by Crippen LogP contribution is 2.12. The Hall–Kier alpha value is -1.79. The fourth-order valence-corrected chi connectivity index (χ4v) is 2.60. The molecular formula is C15H17NO4S. The molecule has 0 spiro atoms. The van der Waals surface area contributed by atoms with Gasteiger partial charge in [-0.2, -0.15) is 11.8 Å². The van der Waals surface area contributed by atoms with Crippen LogP contribution in [0.1, 0.15) is 16.8 Å². The number of rotatable bonds is 7. The zero-order valence-electron chi connectivity index (χ0n) is 11.5. The molecule has 5 nitrogen and oxygen atoms in total. The van der Waals surface area contributed by atoms with Gasteiger partial charge in [0, 0.05) is 24.3 Å². The van der Waals surface area contributed by atoms with E-state index in [1.165, 1.54) is 0 Å². The molecule has 0 unspecified atom stereocenters. The Balaban J connectivity index is 1.96. The minimum atomic E-state index is -0.626. The van der Waals surface area contributed by atoms with Gasteiger partial charge in [-0.3, -0.25) is 4.79 Å². The average molecular weight is 307 g/mol. The maximum absolute atomic E-state index is 12.0. The Morgan fingerprint density at radius 1 is 1.29 bits per heavy atom. The summed E-state index contributed by atoms with van der Waals surface area (Å²) in [5.41, 5.74) is -0.133. The second-order valence-electron chi connectivity index (χ2n) is 4.43. The molecule has 21 heavy (non-hydrogen) atoms. The number of thioether (sulfide) groups is 1. The van der Waals surface area contributed by atoms with Gasteiger partial charge in [-0.25, -0.2) is 4.79 Å². The van der Waals surface area contributed by atoms with Crippen molar-refractivity contribution in [3.05, 3.63) is 46.3 Å². The van der Waals surface area contributed by atoms with Crippen LogP contribution in [0.2, 0.25) is 0 Å². The van der Waals surface area contributed by atoms with Gasteiger partial charge in [0.05, 0.1) is 0 Å². The van der Waals surface area contributed by atoms with E-state index in [1.54, 1.807) is 36.0 Å². The number of amides is 1. The number of aliphatic hydroxyl groups excluding tert-OH is 1. The number of carbonyl (C=O) groups is 1. The fourth-order valence-electron chi connectivity index (χ4n) is 1.82. The molecule has 0 aliphatic carbocycles. The van der Waals surface area contributed by atoms with Crippen molar-refractivity contribution >= 4 is 28.6 Å². The summed E-state index contributed by atoms with van der Waals surface area (Å²) in [6.07, 6.45) is 0.743. The third kappa shape index (κ3) is 4.34. The van der Waals surface area contributed by atoms with Gasteiger partial charge in [-0.05, 0) is 24.3 Å². The minimum Gasteiger partial charge on any atom is -0.422 e. The van der Waals surface area contributed by atoms with Crippen LogP contribution in [0.15, 0.2) is 39.5 Å². The van der Waals surface area contributed by atoms with E-state index in [0.29, 0.717) is 12.1 Å². The molecule has 0 saturated carbocycles. The van der Waals surface area contributed by atoms with Gasteiger partial charge in [0.25, 0.3) is 5.91 Å². The maximum atomic E-state index is 12.0. The molecule has 2 N–H and O–H groups in total. The van der Waals surface area contributed by atoms with Crippen LogP contribution in [0, 0.1) is 0 Å².